The van der Waals surface area contributed by atoms with E-state index in [2.05, 4.69) is 0 Å². The Morgan fingerprint density at radius 1 is 0.897 bits per heavy atom. The van der Waals surface area contributed by atoms with E-state index in [1.807, 2.05) is 31.2 Å². The van der Waals surface area contributed by atoms with Crippen LogP contribution in [-0.4, -0.2) is 14.4 Å². The van der Waals surface area contributed by atoms with Crippen molar-refractivity contribution in [3.05, 3.63) is 88.4 Å². The van der Waals surface area contributed by atoms with Gasteiger partial charge in [-0.3, -0.25) is 4.90 Å². The molecule has 0 aliphatic carbocycles. The number of fused-ring (bicyclic) bond motifs is 1. The van der Waals surface area contributed by atoms with Gasteiger partial charge in [-0.2, -0.15) is 4.31 Å². The second kappa shape index (κ2) is 7.21. The van der Waals surface area contributed by atoms with Crippen LogP contribution in [0.3, 0.4) is 0 Å². The number of para-hydroxylation sites is 1. The quantitative estimate of drug-likeness (QED) is 0.571. The predicted molar refractivity (Wildman–Crippen MR) is 115 cm³/mol. The fraction of sp³-hybridized carbons (Fsp3) is 0.136. The number of carbonyl (C=O) groups excluding carboxylic acids is 1. The Hall–Kier alpha value is -2.83. The molecule has 0 unspecified atom stereocenters. The van der Waals surface area contributed by atoms with Gasteiger partial charge in [-0.25, -0.2) is 13.2 Å². The second-order valence-corrected chi connectivity index (χ2v) is 9.22. The van der Waals surface area contributed by atoms with Gasteiger partial charge in [0.15, 0.2) is 0 Å². The maximum absolute atomic E-state index is 13.5. The molecule has 1 heterocycles. The maximum Gasteiger partial charge on any atom is 0.343 e. The molecule has 0 atom stereocenters. The molecule has 29 heavy (non-hydrogen) atoms. The lowest BCUT2D eigenvalue weighted by molar-refractivity contribution is 0.253. The van der Waals surface area contributed by atoms with Crippen LogP contribution in [0.4, 0.5) is 16.2 Å². The highest BCUT2D eigenvalue weighted by Crippen LogP contribution is 2.39. The van der Waals surface area contributed by atoms with Crippen molar-refractivity contribution in [1.82, 2.24) is 0 Å². The summed E-state index contributed by atoms with van der Waals surface area (Å²) in [6.07, 6.45) is 0. The monoisotopic (exact) mass is 426 g/mol. The first-order valence-corrected chi connectivity index (χ1v) is 10.9. The van der Waals surface area contributed by atoms with Crippen LogP contribution in [0.15, 0.2) is 71.6 Å². The summed E-state index contributed by atoms with van der Waals surface area (Å²) in [5.74, 6) is 0. The topological polar surface area (TPSA) is 57.7 Å². The molecule has 1 aliphatic rings. The fourth-order valence-electron chi connectivity index (χ4n) is 3.49. The molecule has 1 aliphatic heterocycles. The highest BCUT2D eigenvalue weighted by Gasteiger charge is 2.43. The summed E-state index contributed by atoms with van der Waals surface area (Å²) >= 11 is 6.11. The number of halogens is 1. The SMILES string of the molecule is Cc1cccc(CN2C(=O)N(c3cc(Cl)ccc3C)S(=O)(=O)c3ccccc32)c1. The third kappa shape index (κ3) is 3.39. The van der Waals surface area contributed by atoms with Crippen molar-refractivity contribution >= 4 is 39.0 Å². The first-order valence-electron chi connectivity index (χ1n) is 9.06. The van der Waals surface area contributed by atoms with E-state index in [1.165, 1.54) is 17.0 Å². The average molecular weight is 427 g/mol. The Labute approximate surface area is 175 Å². The van der Waals surface area contributed by atoms with Crippen molar-refractivity contribution < 1.29 is 13.2 Å². The third-order valence-electron chi connectivity index (χ3n) is 4.89. The first-order chi connectivity index (χ1) is 13.8. The van der Waals surface area contributed by atoms with Crippen molar-refractivity contribution in [2.24, 2.45) is 0 Å². The molecular formula is C22H19ClN2O3S. The highest BCUT2D eigenvalue weighted by atomic mass is 35.5. The molecule has 3 aromatic carbocycles. The van der Waals surface area contributed by atoms with Gasteiger partial charge in [-0.1, -0.05) is 59.6 Å². The van der Waals surface area contributed by atoms with E-state index in [0.717, 1.165) is 15.4 Å². The van der Waals surface area contributed by atoms with Gasteiger partial charge in [0.25, 0.3) is 10.0 Å². The van der Waals surface area contributed by atoms with E-state index >= 15 is 0 Å². The number of urea groups is 1. The molecule has 0 spiro atoms. The van der Waals surface area contributed by atoms with Crippen LogP contribution in [0.2, 0.25) is 5.02 Å². The van der Waals surface area contributed by atoms with Gasteiger partial charge in [0.2, 0.25) is 0 Å². The molecule has 0 saturated heterocycles. The van der Waals surface area contributed by atoms with Gasteiger partial charge < -0.3 is 0 Å². The summed E-state index contributed by atoms with van der Waals surface area (Å²) in [4.78, 5) is 15.1. The van der Waals surface area contributed by atoms with Gasteiger partial charge in [-0.05, 0) is 49.2 Å². The van der Waals surface area contributed by atoms with Crippen LogP contribution in [0, 0.1) is 13.8 Å². The summed E-state index contributed by atoms with van der Waals surface area (Å²) in [7, 11) is -4.07. The second-order valence-electron chi connectivity index (χ2n) is 7.03. The van der Waals surface area contributed by atoms with E-state index < -0.39 is 16.1 Å². The molecule has 3 aromatic rings. The molecule has 0 aromatic heterocycles. The van der Waals surface area contributed by atoms with Crippen LogP contribution >= 0.6 is 11.6 Å². The lowest BCUT2D eigenvalue weighted by Gasteiger charge is -2.36. The van der Waals surface area contributed by atoms with Gasteiger partial charge in [0, 0.05) is 5.02 Å². The molecule has 0 saturated carbocycles. The number of anilines is 2. The molecule has 0 fully saturated rings. The van der Waals surface area contributed by atoms with E-state index in [9.17, 15) is 13.2 Å². The number of hydrogen-bond donors (Lipinski definition) is 0. The standard InChI is InChI=1S/C22H19ClN2O3S/c1-15-6-5-7-17(12-15)14-24-19-8-3-4-9-21(19)29(27,28)25(22(24)26)20-13-18(23)11-10-16(20)2/h3-13H,14H2,1-2H3. The van der Waals surface area contributed by atoms with E-state index in [0.29, 0.717) is 16.3 Å². The Morgan fingerprint density at radius 2 is 1.66 bits per heavy atom. The number of rotatable bonds is 3. The molecule has 148 valence electrons. The zero-order valence-corrected chi connectivity index (χ0v) is 17.5. The molecule has 5 nitrogen and oxygen atoms in total. The first kappa shape index (κ1) is 19.5. The lowest BCUT2D eigenvalue weighted by atomic mass is 10.1. The summed E-state index contributed by atoms with van der Waals surface area (Å²) in [5, 5.41) is 0.359. The third-order valence-corrected chi connectivity index (χ3v) is 6.86. The molecule has 7 heteroatoms. The minimum atomic E-state index is -4.07. The van der Waals surface area contributed by atoms with Crippen molar-refractivity contribution in [2.75, 3.05) is 9.21 Å². The Bertz CT molecular complexity index is 1220. The number of benzene rings is 3. The van der Waals surface area contributed by atoms with E-state index in [1.54, 1.807) is 37.3 Å². The zero-order chi connectivity index (χ0) is 20.8. The largest absolute Gasteiger partial charge is 0.343 e. The summed E-state index contributed by atoms with van der Waals surface area (Å²) in [5.41, 5.74) is 3.24. The van der Waals surface area contributed by atoms with Gasteiger partial charge in [0.1, 0.15) is 4.90 Å². The summed E-state index contributed by atoms with van der Waals surface area (Å²) in [6, 6.07) is 18.6. The molecule has 0 N–H and O–H groups in total. The van der Waals surface area contributed by atoms with Crippen molar-refractivity contribution in [2.45, 2.75) is 25.3 Å². The minimum absolute atomic E-state index is 0.0895. The van der Waals surface area contributed by atoms with Crippen LogP contribution in [0.1, 0.15) is 16.7 Å². The van der Waals surface area contributed by atoms with Crippen LogP contribution in [0.5, 0.6) is 0 Å². The summed E-state index contributed by atoms with van der Waals surface area (Å²) < 4.78 is 27.6. The van der Waals surface area contributed by atoms with E-state index in [-0.39, 0.29) is 17.1 Å². The summed E-state index contributed by atoms with van der Waals surface area (Å²) in [6.45, 7) is 3.98. The number of carbonyl (C=O) groups is 1. The number of hydrogen-bond acceptors (Lipinski definition) is 3. The molecular weight excluding hydrogens is 408 g/mol. The van der Waals surface area contributed by atoms with E-state index in [4.69, 9.17) is 11.6 Å². The average Bonchev–Trinajstić information content (AvgIpc) is 2.68. The number of amides is 2. The van der Waals surface area contributed by atoms with Crippen molar-refractivity contribution in [1.29, 1.82) is 0 Å². The predicted octanol–water partition coefficient (Wildman–Crippen LogP) is 5.29. The smallest absolute Gasteiger partial charge is 0.287 e. The lowest BCUT2D eigenvalue weighted by Crippen LogP contribution is -2.51. The fourth-order valence-corrected chi connectivity index (χ4v) is 5.31. The molecule has 2 amide bonds. The van der Waals surface area contributed by atoms with Crippen LogP contribution in [-0.2, 0) is 16.6 Å². The van der Waals surface area contributed by atoms with Crippen molar-refractivity contribution in [3.8, 4) is 0 Å². The van der Waals surface area contributed by atoms with Gasteiger partial charge >= 0.3 is 6.03 Å². The number of sulfonamides is 1. The maximum atomic E-state index is 13.5. The molecule has 4 rings (SSSR count). The molecule has 0 radical (unpaired) electrons. The van der Waals surface area contributed by atoms with Gasteiger partial charge in [-0.15, -0.1) is 0 Å². The Kier molecular flexibility index (Phi) is 4.84. The number of aryl methyl sites for hydroxylation is 2. The Balaban J connectivity index is 1.90. The Morgan fingerprint density at radius 3 is 2.41 bits per heavy atom. The van der Waals surface area contributed by atoms with Gasteiger partial charge in [0.05, 0.1) is 17.9 Å². The van der Waals surface area contributed by atoms with Crippen LogP contribution in [0.25, 0.3) is 0 Å². The highest BCUT2D eigenvalue weighted by molar-refractivity contribution is 7.94. The number of nitrogens with zero attached hydrogens (tertiary/aromatic N) is 2. The van der Waals surface area contributed by atoms with Crippen LogP contribution < -0.4 is 9.21 Å². The minimum Gasteiger partial charge on any atom is -0.287 e. The zero-order valence-electron chi connectivity index (χ0n) is 16.0. The molecule has 0 bridgehead atoms. The van der Waals surface area contributed by atoms with Crippen molar-refractivity contribution in [3.63, 3.8) is 0 Å². The normalized spacial score (nSPS) is 15.3.